The van der Waals surface area contributed by atoms with E-state index in [0.717, 1.165) is 0 Å². The number of nitrogens with zero attached hydrogens (tertiary/aromatic N) is 2. The van der Waals surface area contributed by atoms with Crippen molar-refractivity contribution in [3.05, 3.63) is 0 Å². The van der Waals surface area contributed by atoms with Gasteiger partial charge in [0, 0.05) is 25.6 Å². The summed E-state index contributed by atoms with van der Waals surface area (Å²) in [5.74, 6) is -0.804. The fourth-order valence-corrected chi connectivity index (χ4v) is 4.50. The number of rotatable bonds is 7. The van der Waals surface area contributed by atoms with Crippen molar-refractivity contribution in [2.24, 2.45) is 5.92 Å². The van der Waals surface area contributed by atoms with E-state index in [1.165, 1.54) is 4.90 Å². The number of alkyl carbamates (subject to hydrolysis) is 1. The van der Waals surface area contributed by atoms with Crippen LogP contribution in [0.15, 0.2) is 0 Å². The maximum atomic E-state index is 13.1. The molecule has 2 heterocycles. The summed E-state index contributed by atoms with van der Waals surface area (Å²) in [5.41, 5.74) is -0.653. The molecule has 0 aromatic carbocycles. The summed E-state index contributed by atoms with van der Waals surface area (Å²) in [7, 11) is 0. The van der Waals surface area contributed by atoms with Gasteiger partial charge in [0.2, 0.25) is 11.8 Å². The van der Waals surface area contributed by atoms with E-state index >= 15 is 0 Å². The second-order valence-electron chi connectivity index (χ2n) is 9.11. The van der Waals surface area contributed by atoms with Crippen molar-refractivity contribution in [3.8, 4) is 0 Å². The Labute approximate surface area is 188 Å². The standard InChI is InChI=1S/C21H35N3O6S/c1-21(2,3)30-20(29)22-15(9-13-31-4)18(26)23-11-7-14(8-12-23)17(25)24-10-5-6-16(24)19(27)28/h14-16H,5-13H2,1-4H3,(H,22,29)(H,27,28)/t15-,16-/m0/s1. The number of carbonyl (C=O) groups is 4. The molecule has 2 aliphatic heterocycles. The topological polar surface area (TPSA) is 116 Å². The van der Waals surface area contributed by atoms with Crippen LogP contribution in [0, 0.1) is 5.92 Å². The molecule has 2 atom stereocenters. The van der Waals surface area contributed by atoms with Gasteiger partial charge in [0.05, 0.1) is 0 Å². The van der Waals surface area contributed by atoms with Gasteiger partial charge in [0.25, 0.3) is 0 Å². The zero-order valence-corrected chi connectivity index (χ0v) is 19.7. The molecule has 3 amide bonds. The third-order valence-corrected chi connectivity index (χ3v) is 6.22. The van der Waals surface area contributed by atoms with Gasteiger partial charge in [-0.1, -0.05) is 0 Å². The van der Waals surface area contributed by atoms with Gasteiger partial charge in [-0.15, -0.1) is 0 Å². The van der Waals surface area contributed by atoms with Crippen LogP contribution in [-0.4, -0.2) is 88.1 Å². The highest BCUT2D eigenvalue weighted by Crippen LogP contribution is 2.26. The molecule has 0 spiro atoms. The molecule has 2 aliphatic rings. The number of hydrogen-bond acceptors (Lipinski definition) is 6. The van der Waals surface area contributed by atoms with Gasteiger partial charge in [0.1, 0.15) is 17.7 Å². The SMILES string of the molecule is CSCC[C@H](NC(=O)OC(C)(C)C)C(=O)N1CCC(C(=O)N2CCC[C@H]2C(=O)O)CC1. The third kappa shape index (κ3) is 7.29. The zero-order chi connectivity index (χ0) is 23.2. The van der Waals surface area contributed by atoms with E-state index in [0.29, 0.717) is 57.5 Å². The zero-order valence-electron chi connectivity index (χ0n) is 18.9. The number of carbonyl (C=O) groups excluding carboxylic acids is 3. The molecule has 31 heavy (non-hydrogen) atoms. The largest absolute Gasteiger partial charge is 0.480 e. The van der Waals surface area contributed by atoms with E-state index in [4.69, 9.17) is 4.74 Å². The quantitative estimate of drug-likeness (QED) is 0.600. The lowest BCUT2D eigenvalue weighted by atomic mass is 9.94. The lowest BCUT2D eigenvalue weighted by Gasteiger charge is -2.36. The number of amides is 3. The first-order chi connectivity index (χ1) is 14.5. The van der Waals surface area contributed by atoms with E-state index in [1.54, 1.807) is 37.4 Å². The number of thioether (sulfide) groups is 1. The molecule has 0 unspecified atom stereocenters. The highest BCUT2D eigenvalue weighted by molar-refractivity contribution is 7.98. The molecule has 2 saturated heterocycles. The Morgan fingerprint density at radius 3 is 2.32 bits per heavy atom. The van der Waals surface area contributed by atoms with Gasteiger partial charge in [-0.3, -0.25) is 9.59 Å². The van der Waals surface area contributed by atoms with Gasteiger partial charge >= 0.3 is 12.1 Å². The smallest absolute Gasteiger partial charge is 0.408 e. The highest BCUT2D eigenvalue weighted by Gasteiger charge is 2.39. The van der Waals surface area contributed by atoms with E-state index in [2.05, 4.69) is 5.32 Å². The normalized spacial score (nSPS) is 21.0. The molecule has 0 aromatic heterocycles. The van der Waals surface area contributed by atoms with Crippen molar-refractivity contribution in [1.82, 2.24) is 15.1 Å². The molecule has 176 valence electrons. The molecule has 2 fully saturated rings. The van der Waals surface area contributed by atoms with Gasteiger partial charge in [0.15, 0.2) is 0 Å². The van der Waals surface area contributed by atoms with Crippen molar-refractivity contribution in [1.29, 1.82) is 0 Å². The van der Waals surface area contributed by atoms with Gasteiger partial charge in [-0.25, -0.2) is 9.59 Å². The minimum Gasteiger partial charge on any atom is -0.480 e. The molecule has 0 radical (unpaired) electrons. The van der Waals surface area contributed by atoms with Crippen LogP contribution in [0.25, 0.3) is 0 Å². The third-order valence-electron chi connectivity index (χ3n) is 5.58. The molecule has 9 nitrogen and oxygen atoms in total. The summed E-state index contributed by atoms with van der Waals surface area (Å²) in [4.78, 5) is 52.6. The lowest BCUT2D eigenvalue weighted by Crippen LogP contribution is -2.53. The van der Waals surface area contributed by atoms with E-state index in [9.17, 15) is 24.3 Å². The van der Waals surface area contributed by atoms with Crippen LogP contribution in [0.2, 0.25) is 0 Å². The molecular weight excluding hydrogens is 422 g/mol. The van der Waals surface area contributed by atoms with Crippen LogP contribution in [0.4, 0.5) is 4.79 Å². The van der Waals surface area contributed by atoms with Gasteiger partial charge in [-0.05, 0) is 64.9 Å². The van der Waals surface area contributed by atoms with Gasteiger partial charge in [-0.2, -0.15) is 11.8 Å². The summed E-state index contributed by atoms with van der Waals surface area (Å²) in [6.07, 6.45) is 4.00. The number of likely N-dealkylation sites (tertiary alicyclic amines) is 2. The van der Waals surface area contributed by atoms with Crippen LogP contribution in [0.5, 0.6) is 0 Å². The van der Waals surface area contributed by atoms with Crippen molar-refractivity contribution in [2.45, 2.75) is 70.6 Å². The Bertz CT molecular complexity index is 673. The average Bonchev–Trinajstić information content (AvgIpc) is 3.19. The number of piperidine rings is 1. The first-order valence-corrected chi connectivity index (χ1v) is 12.2. The monoisotopic (exact) mass is 457 g/mol. The van der Waals surface area contributed by atoms with E-state index in [-0.39, 0.29) is 17.7 Å². The molecule has 0 saturated carbocycles. The van der Waals surface area contributed by atoms with Crippen LogP contribution in [0.1, 0.15) is 52.9 Å². The minimum atomic E-state index is -0.955. The summed E-state index contributed by atoms with van der Waals surface area (Å²) in [5, 5.41) is 12.0. The minimum absolute atomic E-state index is 0.122. The van der Waals surface area contributed by atoms with Crippen molar-refractivity contribution in [2.75, 3.05) is 31.6 Å². The fourth-order valence-electron chi connectivity index (χ4n) is 4.03. The average molecular weight is 458 g/mol. The lowest BCUT2D eigenvalue weighted by molar-refractivity contribution is -0.151. The van der Waals surface area contributed by atoms with Crippen LogP contribution in [0.3, 0.4) is 0 Å². The Kier molecular flexibility index (Phi) is 9.02. The van der Waals surface area contributed by atoms with E-state index < -0.39 is 29.7 Å². The number of carboxylic acids is 1. The maximum Gasteiger partial charge on any atom is 0.408 e. The van der Waals surface area contributed by atoms with Crippen LogP contribution < -0.4 is 5.32 Å². The van der Waals surface area contributed by atoms with Crippen molar-refractivity contribution in [3.63, 3.8) is 0 Å². The molecule has 2 N–H and O–H groups in total. The molecule has 0 bridgehead atoms. The first kappa shape index (κ1) is 25.3. The first-order valence-electron chi connectivity index (χ1n) is 10.8. The number of ether oxygens (including phenoxy) is 1. The Morgan fingerprint density at radius 1 is 1.13 bits per heavy atom. The Balaban J connectivity index is 1.93. The van der Waals surface area contributed by atoms with E-state index in [1.807, 2.05) is 6.26 Å². The maximum absolute atomic E-state index is 13.1. The Morgan fingerprint density at radius 2 is 1.77 bits per heavy atom. The molecule has 2 rings (SSSR count). The number of nitrogens with one attached hydrogen (secondary N) is 1. The number of carboxylic acid groups (broad SMARTS) is 1. The molecule has 0 aromatic rings. The number of aliphatic carboxylic acids is 1. The van der Waals surface area contributed by atoms with Crippen LogP contribution in [-0.2, 0) is 19.1 Å². The van der Waals surface area contributed by atoms with Gasteiger partial charge < -0.3 is 25.0 Å². The number of hydrogen-bond donors (Lipinski definition) is 2. The summed E-state index contributed by atoms with van der Waals surface area (Å²) in [6, 6.07) is -1.41. The highest BCUT2D eigenvalue weighted by atomic mass is 32.2. The summed E-state index contributed by atoms with van der Waals surface area (Å²) >= 11 is 1.59. The molecule has 0 aliphatic carbocycles. The molecular formula is C21H35N3O6S. The fraction of sp³-hybridized carbons (Fsp3) is 0.810. The van der Waals surface area contributed by atoms with Crippen LogP contribution >= 0.6 is 11.8 Å². The second kappa shape index (κ2) is 11.1. The Hall–Kier alpha value is -1.97. The predicted molar refractivity (Wildman–Crippen MR) is 118 cm³/mol. The second-order valence-corrected chi connectivity index (χ2v) is 10.1. The summed E-state index contributed by atoms with van der Waals surface area (Å²) < 4.78 is 5.29. The summed E-state index contributed by atoms with van der Waals surface area (Å²) in [6.45, 7) is 6.60. The molecule has 10 heteroatoms. The van der Waals surface area contributed by atoms with Crippen molar-refractivity contribution < 1.29 is 29.0 Å². The van der Waals surface area contributed by atoms with Crippen molar-refractivity contribution >= 4 is 35.6 Å². The predicted octanol–water partition coefficient (Wildman–Crippen LogP) is 1.95.